The molecule has 0 saturated heterocycles. The molecule has 0 spiro atoms. The van der Waals surface area contributed by atoms with Gasteiger partial charge in [-0.3, -0.25) is 4.79 Å². The minimum Gasteiger partial charge on any atom is -0.322 e. The minimum atomic E-state index is -0.249. The monoisotopic (exact) mass is 378 g/mol. The van der Waals surface area contributed by atoms with E-state index in [9.17, 15) is 4.79 Å². The Morgan fingerprint density at radius 3 is 2.73 bits per heavy atom. The number of halogens is 1. The molecule has 2 aromatic carbocycles. The summed E-state index contributed by atoms with van der Waals surface area (Å²) >= 11 is 7.72. The van der Waals surface area contributed by atoms with E-state index in [1.807, 2.05) is 54.8 Å². The molecule has 1 amide bonds. The third kappa shape index (κ3) is 4.66. The van der Waals surface area contributed by atoms with Crippen molar-refractivity contribution in [3.05, 3.63) is 88.7 Å². The fraction of sp³-hybridized carbons (Fsp3) is 0.0476. The Bertz CT molecular complexity index is 994. The van der Waals surface area contributed by atoms with Gasteiger partial charge in [-0.05, 0) is 60.7 Å². The predicted molar refractivity (Wildman–Crippen MR) is 108 cm³/mol. The molecule has 0 aliphatic carbocycles. The summed E-state index contributed by atoms with van der Waals surface area (Å²) in [6.45, 7) is 0. The van der Waals surface area contributed by atoms with Crippen LogP contribution in [-0.2, 0) is 0 Å². The number of carbonyl (C=O) groups excluding carboxylic acids is 1. The van der Waals surface area contributed by atoms with Crippen molar-refractivity contribution in [2.24, 2.45) is 0 Å². The summed E-state index contributed by atoms with van der Waals surface area (Å²) in [5.41, 5.74) is 2.59. The van der Waals surface area contributed by atoms with E-state index >= 15 is 0 Å². The zero-order chi connectivity index (χ0) is 18.4. The summed E-state index contributed by atoms with van der Waals surface area (Å²) in [6, 6.07) is 18.3. The molecule has 0 aliphatic heterocycles. The first-order valence-electron chi connectivity index (χ1n) is 7.84. The highest BCUT2D eigenvalue weighted by Gasteiger charge is 2.11. The van der Waals surface area contributed by atoms with Crippen LogP contribution in [0.15, 0.2) is 71.8 Å². The minimum absolute atomic E-state index is 0.249. The summed E-state index contributed by atoms with van der Waals surface area (Å²) in [7, 11) is 0. The van der Waals surface area contributed by atoms with Gasteiger partial charge in [0.05, 0.1) is 10.6 Å². The van der Waals surface area contributed by atoms with E-state index in [1.165, 1.54) is 0 Å². The number of aromatic nitrogens is 1. The Kier molecular flexibility index (Phi) is 5.96. The van der Waals surface area contributed by atoms with Gasteiger partial charge in [0.2, 0.25) is 0 Å². The lowest BCUT2D eigenvalue weighted by Crippen LogP contribution is -2.12. The number of anilines is 1. The molecule has 26 heavy (non-hydrogen) atoms. The maximum Gasteiger partial charge on any atom is 0.257 e. The van der Waals surface area contributed by atoms with Crippen molar-refractivity contribution >= 4 is 35.0 Å². The van der Waals surface area contributed by atoms with Crippen LogP contribution in [0.25, 0.3) is 0 Å². The van der Waals surface area contributed by atoms with Crippen LogP contribution in [0.3, 0.4) is 0 Å². The van der Waals surface area contributed by atoms with Crippen LogP contribution in [0.5, 0.6) is 0 Å². The number of amides is 1. The van der Waals surface area contributed by atoms with Gasteiger partial charge in [-0.2, -0.15) is 0 Å². The zero-order valence-electron chi connectivity index (χ0n) is 14.0. The third-order valence-corrected chi connectivity index (χ3v) is 4.59. The van der Waals surface area contributed by atoms with E-state index in [1.54, 1.807) is 30.1 Å². The molecule has 0 bridgehead atoms. The molecule has 3 rings (SSSR count). The maximum atomic E-state index is 12.5. The molecule has 0 aliphatic rings. The van der Waals surface area contributed by atoms with Crippen molar-refractivity contribution in [3.8, 4) is 11.8 Å². The lowest BCUT2D eigenvalue weighted by molar-refractivity contribution is 0.102. The second kappa shape index (κ2) is 8.57. The second-order valence-corrected chi connectivity index (χ2v) is 6.63. The Morgan fingerprint density at radius 1 is 1.08 bits per heavy atom. The highest BCUT2D eigenvalue weighted by molar-refractivity contribution is 7.98. The van der Waals surface area contributed by atoms with E-state index in [4.69, 9.17) is 11.6 Å². The van der Waals surface area contributed by atoms with Crippen molar-refractivity contribution in [3.63, 3.8) is 0 Å². The smallest absolute Gasteiger partial charge is 0.257 e. The van der Waals surface area contributed by atoms with E-state index in [0.29, 0.717) is 22.0 Å². The summed E-state index contributed by atoms with van der Waals surface area (Å²) in [5.74, 6) is 5.80. The van der Waals surface area contributed by atoms with Gasteiger partial charge in [0.1, 0.15) is 5.69 Å². The number of thioether (sulfide) groups is 1. The van der Waals surface area contributed by atoms with Crippen LogP contribution in [0.4, 0.5) is 5.69 Å². The van der Waals surface area contributed by atoms with Crippen LogP contribution in [0.2, 0.25) is 5.02 Å². The van der Waals surface area contributed by atoms with Crippen LogP contribution in [0, 0.1) is 11.8 Å². The van der Waals surface area contributed by atoms with E-state index in [0.717, 1.165) is 10.5 Å². The summed E-state index contributed by atoms with van der Waals surface area (Å²) in [4.78, 5) is 17.7. The van der Waals surface area contributed by atoms with Crippen LogP contribution >= 0.6 is 23.4 Å². The molecule has 1 aromatic heterocycles. The van der Waals surface area contributed by atoms with Gasteiger partial charge in [-0.25, -0.2) is 4.98 Å². The maximum absolute atomic E-state index is 12.5. The van der Waals surface area contributed by atoms with Gasteiger partial charge in [0.25, 0.3) is 5.91 Å². The number of nitrogens with zero attached hydrogens (tertiary/aromatic N) is 1. The first-order valence-corrected chi connectivity index (χ1v) is 9.44. The molecule has 0 radical (unpaired) electrons. The lowest BCUT2D eigenvalue weighted by Gasteiger charge is -2.08. The number of rotatable bonds is 3. The Morgan fingerprint density at radius 2 is 1.96 bits per heavy atom. The molecule has 5 heteroatoms. The summed E-state index contributed by atoms with van der Waals surface area (Å²) in [5, 5.41) is 3.30. The number of nitrogens with one attached hydrogen (secondary N) is 1. The van der Waals surface area contributed by atoms with Gasteiger partial charge in [-0.15, -0.1) is 11.8 Å². The lowest BCUT2D eigenvalue weighted by atomic mass is 10.1. The van der Waals surface area contributed by atoms with Crippen LogP contribution in [-0.4, -0.2) is 17.1 Å². The van der Waals surface area contributed by atoms with Gasteiger partial charge < -0.3 is 5.32 Å². The molecular formula is C21H15ClN2OS. The second-order valence-electron chi connectivity index (χ2n) is 5.35. The first kappa shape index (κ1) is 18.1. The average molecular weight is 379 g/mol. The molecule has 0 saturated carbocycles. The van der Waals surface area contributed by atoms with Crippen LogP contribution in [0.1, 0.15) is 21.6 Å². The van der Waals surface area contributed by atoms with Gasteiger partial charge in [0.15, 0.2) is 0 Å². The Balaban J connectivity index is 1.79. The SMILES string of the molecule is CSc1ccc(Cl)c(C(=O)Nc2cccc(C#Cc3ccccn3)c2)c1. The Hall–Kier alpha value is -2.74. The molecule has 3 aromatic rings. The van der Waals surface area contributed by atoms with Crippen molar-refractivity contribution in [2.75, 3.05) is 11.6 Å². The predicted octanol–water partition coefficient (Wildman–Crippen LogP) is 5.11. The molecule has 0 fully saturated rings. The average Bonchev–Trinajstić information content (AvgIpc) is 2.68. The van der Waals surface area contributed by atoms with Crippen molar-refractivity contribution in [1.82, 2.24) is 4.98 Å². The largest absolute Gasteiger partial charge is 0.322 e. The van der Waals surface area contributed by atoms with Gasteiger partial charge in [-0.1, -0.05) is 29.7 Å². The van der Waals surface area contributed by atoms with Gasteiger partial charge in [0, 0.05) is 22.3 Å². The number of benzene rings is 2. The molecule has 0 atom stereocenters. The summed E-state index contributed by atoms with van der Waals surface area (Å²) < 4.78 is 0. The molecule has 0 unspecified atom stereocenters. The van der Waals surface area contributed by atoms with E-state index in [-0.39, 0.29) is 5.91 Å². The molecule has 1 heterocycles. The fourth-order valence-corrected chi connectivity index (χ4v) is 2.89. The third-order valence-electron chi connectivity index (χ3n) is 3.54. The summed E-state index contributed by atoms with van der Waals surface area (Å²) in [6.07, 6.45) is 3.65. The number of hydrogen-bond donors (Lipinski definition) is 1. The molecule has 3 nitrogen and oxygen atoms in total. The topological polar surface area (TPSA) is 42.0 Å². The number of pyridine rings is 1. The number of carbonyl (C=O) groups is 1. The zero-order valence-corrected chi connectivity index (χ0v) is 15.6. The van der Waals surface area contributed by atoms with Crippen LogP contribution < -0.4 is 5.32 Å². The van der Waals surface area contributed by atoms with E-state index in [2.05, 4.69) is 22.1 Å². The van der Waals surface area contributed by atoms with Crippen molar-refractivity contribution in [2.45, 2.75) is 4.90 Å². The number of hydrogen-bond acceptors (Lipinski definition) is 3. The standard InChI is InChI=1S/C21H15ClN2OS/c1-26-18-10-11-20(22)19(14-18)21(25)24-17-7-4-5-15(13-17)8-9-16-6-2-3-12-23-16/h2-7,10-14H,1H3,(H,24,25). The molecule has 128 valence electrons. The molecule has 1 N–H and O–H groups in total. The highest BCUT2D eigenvalue weighted by Crippen LogP contribution is 2.24. The van der Waals surface area contributed by atoms with Crippen molar-refractivity contribution < 1.29 is 4.79 Å². The fourth-order valence-electron chi connectivity index (χ4n) is 2.25. The van der Waals surface area contributed by atoms with Gasteiger partial charge >= 0.3 is 0 Å². The normalized spacial score (nSPS) is 9.92. The van der Waals surface area contributed by atoms with Crippen molar-refractivity contribution in [1.29, 1.82) is 0 Å². The van der Waals surface area contributed by atoms with E-state index < -0.39 is 0 Å². The molecular weight excluding hydrogens is 364 g/mol. The highest BCUT2D eigenvalue weighted by atomic mass is 35.5. The first-order chi connectivity index (χ1) is 12.7. The Labute approximate surface area is 161 Å². The quantitative estimate of drug-likeness (QED) is 0.508.